The molecule has 0 spiro atoms. The van der Waals surface area contributed by atoms with Crippen LogP contribution in [0.25, 0.3) is 22.2 Å². The molecule has 1 aliphatic rings. The number of benzene rings is 3. The fourth-order valence-corrected chi connectivity index (χ4v) is 4.51. The van der Waals surface area contributed by atoms with Gasteiger partial charge in [-0.05, 0) is 42.5 Å². The topological polar surface area (TPSA) is 36.4 Å². The van der Waals surface area contributed by atoms with Gasteiger partial charge in [-0.1, -0.05) is 59.6 Å². The number of fused-ring (bicyclic) bond motifs is 1. The number of amides is 1. The molecule has 1 aliphatic heterocycles. The minimum absolute atomic E-state index is 0.0210. The Morgan fingerprint density at radius 2 is 1.50 bits per heavy atom. The van der Waals surface area contributed by atoms with Gasteiger partial charge in [-0.25, -0.2) is 4.98 Å². The fraction of sp³-hybridized carbons (Fsp3) is 0.154. The number of aromatic nitrogens is 1. The largest absolute Gasteiger partial charge is 0.368 e. The molecule has 2 heterocycles. The highest BCUT2D eigenvalue weighted by atomic mass is 35.5. The third-order valence-electron chi connectivity index (χ3n) is 5.86. The van der Waals surface area contributed by atoms with Gasteiger partial charge in [0.25, 0.3) is 5.91 Å². The number of carbonyl (C=O) groups is 1. The van der Waals surface area contributed by atoms with Gasteiger partial charge >= 0.3 is 0 Å². The van der Waals surface area contributed by atoms with E-state index in [9.17, 15) is 4.79 Å². The van der Waals surface area contributed by atoms with Crippen molar-refractivity contribution < 1.29 is 4.79 Å². The summed E-state index contributed by atoms with van der Waals surface area (Å²) in [6, 6.07) is 25.1. The maximum absolute atomic E-state index is 13.6. The molecule has 0 bridgehead atoms. The molecule has 4 nitrogen and oxygen atoms in total. The van der Waals surface area contributed by atoms with Crippen molar-refractivity contribution in [1.29, 1.82) is 0 Å². The average molecular weight is 462 g/mol. The maximum atomic E-state index is 13.6. The number of carbonyl (C=O) groups excluding carboxylic acids is 1. The van der Waals surface area contributed by atoms with E-state index in [-0.39, 0.29) is 5.91 Å². The third kappa shape index (κ3) is 4.04. The van der Waals surface area contributed by atoms with Gasteiger partial charge < -0.3 is 9.80 Å². The Labute approximate surface area is 197 Å². The first-order valence-electron chi connectivity index (χ1n) is 10.5. The highest BCUT2D eigenvalue weighted by Crippen LogP contribution is 2.30. The number of pyridine rings is 1. The lowest BCUT2D eigenvalue weighted by Gasteiger charge is -2.36. The first-order chi connectivity index (χ1) is 15.6. The second kappa shape index (κ2) is 8.81. The lowest BCUT2D eigenvalue weighted by Crippen LogP contribution is -2.48. The van der Waals surface area contributed by atoms with Gasteiger partial charge in [-0.15, -0.1) is 0 Å². The number of hydrogen-bond donors (Lipinski definition) is 0. The molecule has 1 fully saturated rings. The number of hydrogen-bond acceptors (Lipinski definition) is 3. The van der Waals surface area contributed by atoms with Gasteiger partial charge in [0.15, 0.2) is 0 Å². The van der Waals surface area contributed by atoms with E-state index >= 15 is 0 Å². The van der Waals surface area contributed by atoms with Crippen LogP contribution in [-0.4, -0.2) is 42.0 Å². The van der Waals surface area contributed by atoms with Crippen molar-refractivity contribution >= 4 is 45.7 Å². The highest BCUT2D eigenvalue weighted by Gasteiger charge is 2.24. The predicted molar refractivity (Wildman–Crippen MR) is 132 cm³/mol. The highest BCUT2D eigenvalue weighted by molar-refractivity contribution is 6.33. The van der Waals surface area contributed by atoms with Crippen molar-refractivity contribution in [3.8, 4) is 11.3 Å². The summed E-state index contributed by atoms with van der Waals surface area (Å²) in [7, 11) is 0. The summed E-state index contributed by atoms with van der Waals surface area (Å²) in [4.78, 5) is 22.6. The standard InChI is InChI=1S/C26H21Cl2N3O/c27-18-9-11-19(12-10-18)30-13-15-31(16-14-30)26(32)22-17-25(21-6-1-3-7-23(21)28)29-24-8-4-2-5-20(22)24/h1-12,17H,13-16H2. The van der Waals surface area contributed by atoms with E-state index in [4.69, 9.17) is 28.2 Å². The molecule has 1 aromatic heterocycles. The van der Waals surface area contributed by atoms with Crippen molar-refractivity contribution in [3.05, 3.63) is 94.5 Å². The van der Waals surface area contributed by atoms with Gasteiger partial charge in [-0.2, -0.15) is 0 Å². The summed E-state index contributed by atoms with van der Waals surface area (Å²) < 4.78 is 0. The zero-order valence-electron chi connectivity index (χ0n) is 17.3. The molecular weight excluding hydrogens is 441 g/mol. The molecule has 0 saturated carbocycles. The van der Waals surface area contributed by atoms with E-state index in [1.54, 1.807) is 0 Å². The molecule has 0 unspecified atom stereocenters. The lowest BCUT2D eigenvalue weighted by molar-refractivity contribution is 0.0748. The van der Waals surface area contributed by atoms with Crippen LogP contribution < -0.4 is 4.90 Å². The number of rotatable bonds is 3. The average Bonchev–Trinajstić information content (AvgIpc) is 2.84. The van der Waals surface area contributed by atoms with E-state index in [1.165, 1.54) is 0 Å². The van der Waals surface area contributed by atoms with E-state index in [0.29, 0.717) is 29.4 Å². The van der Waals surface area contributed by atoms with Crippen LogP contribution in [0.5, 0.6) is 0 Å². The lowest BCUT2D eigenvalue weighted by atomic mass is 10.0. The monoisotopic (exact) mass is 461 g/mol. The molecular formula is C26H21Cl2N3O. The number of piperazine rings is 1. The Hall–Kier alpha value is -3.08. The zero-order chi connectivity index (χ0) is 22.1. The van der Waals surface area contributed by atoms with Gasteiger partial charge in [0.2, 0.25) is 0 Å². The van der Waals surface area contributed by atoms with E-state index in [2.05, 4.69) is 4.90 Å². The zero-order valence-corrected chi connectivity index (χ0v) is 18.9. The summed E-state index contributed by atoms with van der Waals surface area (Å²) >= 11 is 12.4. The van der Waals surface area contributed by atoms with Crippen molar-refractivity contribution in [2.45, 2.75) is 0 Å². The van der Waals surface area contributed by atoms with Gasteiger partial charge in [0.1, 0.15) is 0 Å². The van der Waals surface area contributed by atoms with Gasteiger partial charge in [-0.3, -0.25) is 4.79 Å². The first-order valence-corrected chi connectivity index (χ1v) is 11.3. The van der Waals surface area contributed by atoms with Crippen molar-refractivity contribution in [1.82, 2.24) is 9.88 Å². The molecule has 6 heteroatoms. The van der Waals surface area contributed by atoms with Crippen LogP contribution in [-0.2, 0) is 0 Å². The van der Waals surface area contributed by atoms with Crippen LogP contribution in [0.3, 0.4) is 0 Å². The maximum Gasteiger partial charge on any atom is 0.254 e. The predicted octanol–water partition coefficient (Wildman–Crippen LogP) is 6.17. The summed E-state index contributed by atoms with van der Waals surface area (Å²) in [5.74, 6) is 0.0210. The summed E-state index contributed by atoms with van der Waals surface area (Å²) in [5, 5.41) is 2.19. The Morgan fingerprint density at radius 1 is 0.812 bits per heavy atom. The SMILES string of the molecule is O=C(c1cc(-c2ccccc2Cl)nc2ccccc12)N1CCN(c2ccc(Cl)cc2)CC1. The smallest absolute Gasteiger partial charge is 0.254 e. The fourth-order valence-electron chi connectivity index (χ4n) is 4.15. The Kier molecular flexibility index (Phi) is 5.73. The van der Waals surface area contributed by atoms with E-state index in [0.717, 1.165) is 40.3 Å². The Morgan fingerprint density at radius 3 is 2.25 bits per heavy atom. The molecule has 0 atom stereocenters. The summed E-state index contributed by atoms with van der Waals surface area (Å²) in [6.07, 6.45) is 0. The van der Waals surface area contributed by atoms with Crippen LogP contribution in [0.4, 0.5) is 5.69 Å². The van der Waals surface area contributed by atoms with E-state index < -0.39 is 0 Å². The molecule has 1 amide bonds. The third-order valence-corrected chi connectivity index (χ3v) is 6.44. The molecule has 1 saturated heterocycles. The van der Waals surface area contributed by atoms with Crippen LogP contribution in [0.15, 0.2) is 78.9 Å². The van der Waals surface area contributed by atoms with Gasteiger partial charge in [0.05, 0.1) is 16.8 Å². The van der Waals surface area contributed by atoms with Crippen LogP contribution in [0, 0.1) is 0 Å². The van der Waals surface area contributed by atoms with Crippen molar-refractivity contribution in [2.24, 2.45) is 0 Å². The molecule has 0 N–H and O–H groups in total. The second-order valence-corrected chi connectivity index (χ2v) is 8.65. The molecule has 160 valence electrons. The van der Waals surface area contributed by atoms with Crippen molar-refractivity contribution in [2.75, 3.05) is 31.1 Å². The number of anilines is 1. The summed E-state index contributed by atoms with van der Waals surface area (Å²) in [5.41, 5.74) is 4.09. The first kappa shape index (κ1) is 20.8. The van der Waals surface area contributed by atoms with Crippen molar-refractivity contribution in [3.63, 3.8) is 0 Å². The number of halogens is 2. The van der Waals surface area contributed by atoms with E-state index in [1.807, 2.05) is 83.8 Å². The molecule has 3 aromatic carbocycles. The minimum Gasteiger partial charge on any atom is -0.368 e. The quantitative estimate of drug-likeness (QED) is 0.365. The number of nitrogens with zero attached hydrogens (tertiary/aromatic N) is 3. The molecule has 0 radical (unpaired) electrons. The minimum atomic E-state index is 0.0210. The molecule has 32 heavy (non-hydrogen) atoms. The van der Waals surface area contributed by atoms with Crippen LogP contribution in [0.1, 0.15) is 10.4 Å². The Balaban J connectivity index is 1.44. The molecule has 5 rings (SSSR count). The molecule has 4 aromatic rings. The summed E-state index contributed by atoms with van der Waals surface area (Å²) in [6.45, 7) is 2.85. The normalized spacial score (nSPS) is 14.1. The van der Waals surface area contributed by atoms with Crippen LogP contribution in [0.2, 0.25) is 10.0 Å². The molecule has 0 aliphatic carbocycles. The Bertz CT molecular complexity index is 1280. The number of para-hydroxylation sites is 1. The second-order valence-electron chi connectivity index (χ2n) is 7.81. The van der Waals surface area contributed by atoms with Gasteiger partial charge in [0, 0.05) is 52.9 Å². The van der Waals surface area contributed by atoms with Crippen LogP contribution >= 0.6 is 23.2 Å².